The van der Waals surface area contributed by atoms with Gasteiger partial charge in [-0.3, -0.25) is 10.1 Å². The number of halogens is 2. The fourth-order valence-electron chi connectivity index (χ4n) is 1.60. The predicted molar refractivity (Wildman–Crippen MR) is 72.7 cm³/mol. The summed E-state index contributed by atoms with van der Waals surface area (Å²) in [5.74, 6) is -1.26. The van der Waals surface area contributed by atoms with Gasteiger partial charge in [0.2, 0.25) is 5.91 Å². The average molecular weight is 330 g/mol. The minimum absolute atomic E-state index is 0.134. The third-order valence-electron chi connectivity index (χ3n) is 2.71. The first-order valence-electron chi connectivity index (χ1n) is 5.43. The quantitative estimate of drug-likeness (QED) is 0.361. The fraction of sp³-hybridized carbons (Fsp3) is 0.364. The summed E-state index contributed by atoms with van der Waals surface area (Å²) in [6.07, 6.45) is 0. The van der Waals surface area contributed by atoms with Crippen molar-refractivity contribution in [2.45, 2.75) is 12.5 Å². The Morgan fingerprint density at radius 3 is 2.95 bits per heavy atom. The van der Waals surface area contributed by atoms with E-state index < -0.39 is 17.3 Å². The highest BCUT2D eigenvalue weighted by molar-refractivity contribution is 9.10. The lowest BCUT2D eigenvalue weighted by Crippen LogP contribution is -2.51. The second-order valence-corrected chi connectivity index (χ2v) is 4.91. The Morgan fingerprint density at radius 1 is 1.68 bits per heavy atom. The van der Waals surface area contributed by atoms with Crippen LogP contribution in [0.1, 0.15) is 12.5 Å². The lowest BCUT2D eigenvalue weighted by molar-refractivity contribution is -0.124. The van der Waals surface area contributed by atoms with Crippen molar-refractivity contribution in [3.63, 3.8) is 0 Å². The molecule has 0 bridgehead atoms. The van der Waals surface area contributed by atoms with Gasteiger partial charge in [0.25, 0.3) is 0 Å². The zero-order valence-corrected chi connectivity index (χ0v) is 11.8. The highest BCUT2D eigenvalue weighted by Gasteiger charge is 2.35. The molecule has 0 radical (unpaired) electrons. The van der Waals surface area contributed by atoms with Crippen LogP contribution in [0.5, 0.6) is 0 Å². The van der Waals surface area contributed by atoms with Crippen molar-refractivity contribution in [3.05, 3.63) is 44.5 Å². The molecule has 1 atom stereocenters. The van der Waals surface area contributed by atoms with E-state index in [1.807, 2.05) is 0 Å². The van der Waals surface area contributed by atoms with Crippen LogP contribution in [0.25, 0.3) is 10.4 Å². The van der Waals surface area contributed by atoms with Gasteiger partial charge in [0.1, 0.15) is 11.4 Å². The number of hydrogen-bond acceptors (Lipinski definition) is 3. The molecule has 1 unspecified atom stereocenters. The minimum Gasteiger partial charge on any atom is -0.368 e. The first kappa shape index (κ1) is 15.4. The van der Waals surface area contributed by atoms with E-state index >= 15 is 0 Å². The molecule has 0 saturated carbocycles. The molecule has 8 heteroatoms. The maximum Gasteiger partial charge on any atom is 0.242 e. The third-order valence-corrected chi connectivity index (χ3v) is 3.21. The standard InChI is InChI=1S/C11H13BrFN5O/c1-11(10(14)19,16-4-5-17-18-15)8-6-7(12)2-3-9(8)13/h2-3,6,16H,4-5H2,1H3,(H2,14,19). The van der Waals surface area contributed by atoms with E-state index in [2.05, 4.69) is 31.3 Å². The molecule has 0 heterocycles. The monoisotopic (exact) mass is 329 g/mol. The molecule has 1 aromatic rings. The number of azide groups is 1. The van der Waals surface area contributed by atoms with Crippen molar-refractivity contribution < 1.29 is 9.18 Å². The number of primary amides is 1. The second kappa shape index (κ2) is 6.51. The zero-order chi connectivity index (χ0) is 14.5. The molecule has 0 aliphatic rings. The van der Waals surface area contributed by atoms with Crippen LogP contribution in [0, 0.1) is 5.82 Å². The first-order valence-corrected chi connectivity index (χ1v) is 6.22. The maximum atomic E-state index is 13.9. The Hall–Kier alpha value is -1.63. The normalized spacial score (nSPS) is 13.4. The summed E-state index contributed by atoms with van der Waals surface area (Å²) in [7, 11) is 0. The van der Waals surface area contributed by atoms with Gasteiger partial charge in [-0.2, -0.15) is 0 Å². The number of nitrogens with one attached hydrogen (secondary N) is 1. The van der Waals surface area contributed by atoms with Crippen molar-refractivity contribution in [1.29, 1.82) is 0 Å². The number of rotatable bonds is 6. The molecule has 0 spiro atoms. The average Bonchev–Trinajstić information content (AvgIpc) is 2.37. The molecular formula is C11H13BrFN5O. The molecule has 19 heavy (non-hydrogen) atoms. The van der Waals surface area contributed by atoms with Gasteiger partial charge in [-0.05, 0) is 30.7 Å². The molecule has 102 valence electrons. The van der Waals surface area contributed by atoms with E-state index in [-0.39, 0.29) is 18.7 Å². The Kier molecular flexibility index (Phi) is 5.29. The molecule has 0 saturated heterocycles. The molecule has 0 aliphatic heterocycles. The van der Waals surface area contributed by atoms with E-state index in [1.54, 1.807) is 0 Å². The van der Waals surface area contributed by atoms with Gasteiger partial charge in [-0.25, -0.2) is 4.39 Å². The first-order chi connectivity index (χ1) is 8.91. The number of hydrogen-bond donors (Lipinski definition) is 2. The van der Waals surface area contributed by atoms with Crippen LogP contribution in [0.15, 0.2) is 27.8 Å². The van der Waals surface area contributed by atoms with E-state index in [1.165, 1.54) is 25.1 Å². The molecule has 0 aromatic heterocycles. The summed E-state index contributed by atoms with van der Waals surface area (Å²) in [5, 5.41) is 6.15. The fourth-order valence-corrected chi connectivity index (χ4v) is 1.96. The number of nitrogens with zero attached hydrogens (tertiary/aromatic N) is 3. The van der Waals surface area contributed by atoms with Crippen LogP contribution in [0.4, 0.5) is 4.39 Å². The largest absolute Gasteiger partial charge is 0.368 e. The Balaban J connectivity index is 3.07. The second-order valence-electron chi connectivity index (χ2n) is 3.99. The molecular weight excluding hydrogens is 317 g/mol. The Bertz CT molecular complexity index is 532. The third kappa shape index (κ3) is 3.66. The van der Waals surface area contributed by atoms with Crippen molar-refractivity contribution in [1.82, 2.24) is 5.32 Å². The van der Waals surface area contributed by atoms with Gasteiger partial charge in [0.05, 0.1) is 0 Å². The van der Waals surface area contributed by atoms with Crippen molar-refractivity contribution in [3.8, 4) is 0 Å². The van der Waals surface area contributed by atoms with Crippen molar-refractivity contribution in [2.24, 2.45) is 10.8 Å². The molecule has 0 fully saturated rings. The van der Waals surface area contributed by atoms with Crippen molar-refractivity contribution >= 4 is 21.8 Å². The van der Waals surface area contributed by atoms with E-state index in [0.29, 0.717) is 4.47 Å². The van der Waals surface area contributed by atoms with Crippen LogP contribution < -0.4 is 11.1 Å². The van der Waals surface area contributed by atoms with Gasteiger partial charge in [0.15, 0.2) is 0 Å². The van der Waals surface area contributed by atoms with E-state index in [9.17, 15) is 9.18 Å². The van der Waals surface area contributed by atoms with Crippen molar-refractivity contribution in [2.75, 3.05) is 13.1 Å². The van der Waals surface area contributed by atoms with Gasteiger partial charge in [-0.15, -0.1) is 0 Å². The summed E-state index contributed by atoms with van der Waals surface area (Å²) in [4.78, 5) is 14.2. The van der Waals surface area contributed by atoms with Crippen LogP contribution in [0.3, 0.4) is 0 Å². The van der Waals surface area contributed by atoms with Gasteiger partial charge in [0, 0.05) is 28.0 Å². The van der Waals surface area contributed by atoms with Crippen LogP contribution >= 0.6 is 15.9 Å². The van der Waals surface area contributed by atoms with Gasteiger partial charge < -0.3 is 5.73 Å². The molecule has 6 nitrogen and oxygen atoms in total. The number of carbonyl (C=O) groups excluding carboxylic acids is 1. The predicted octanol–water partition coefficient (Wildman–Crippen LogP) is 2.19. The maximum absolute atomic E-state index is 13.9. The molecule has 1 amide bonds. The smallest absolute Gasteiger partial charge is 0.242 e. The Labute approximate surface area is 117 Å². The lowest BCUT2D eigenvalue weighted by Gasteiger charge is -2.28. The molecule has 1 aromatic carbocycles. The number of benzene rings is 1. The molecule has 0 aliphatic carbocycles. The zero-order valence-electron chi connectivity index (χ0n) is 10.2. The summed E-state index contributed by atoms with van der Waals surface area (Å²) >= 11 is 3.22. The Morgan fingerprint density at radius 2 is 2.37 bits per heavy atom. The number of carbonyl (C=O) groups is 1. The summed E-state index contributed by atoms with van der Waals surface area (Å²) < 4.78 is 14.5. The van der Waals surface area contributed by atoms with Gasteiger partial charge >= 0.3 is 0 Å². The molecule has 3 N–H and O–H groups in total. The van der Waals surface area contributed by atoms with E-state index in [0.717, 1.165) is 0 Å². The van der Waals surface area contributed by atoms with Crippen LogP contribution in [0.2, 0.25) is 0 Å². The number of amides is 1. The summed E-state index contributed by atoms with van der Waals surface area (Å²) in [6.45, 7) is 1.82. The minimum atomic E-state index is -1.38. The molecule has 1 rings (SSSR count). The topological polar surface area (TPSA) is 104 Å². The summed E-state index contributed by atoms with van der Waals surface area (Å²) in [6, 6.07) is 4.26. The SMILES string of the molecule is CC(NCCN=[N+]=[N-])(C(N)=O)c1cc(Br)ccc1F. The number of nitrogens with two attached hydrogens (primary N) is 1. The van der Waals surface area contributed by atoms with Crippen LogP contribution in [-0.4, -0.2) is 19.0 Å². The summed E-state index contributed by atoms with van der Waals surface area (Å²) in [5.41, 5.74) is 12.3. The highest BCUT2D eigenvalue weighted by Crippen LogP contribution is 2.26. The van der Waals surface area contributed by atoms with Gasteiger partial charge in [-0.1, -0.05) is 21.0 Å². The van der Waals surface area contributed by atoms with E-state index in [4.69, 9.17) is 11.3 Å². The highest BCUT2D eigenvalue weighted by atomic mass is 79.9. The van der Waals surface area contributed by atoms with Crippen LogP contribution in [-0.2, 0) is 10.3 Å². The lowest BCUT2D eigenvalue weighted by atomic mass is 9.90.